The van der Waals surface area contributed by atoms with Gasteiger partial charge in [-0.25, -0.2) is 4.79 Å². The smallest absolute Gasteiger partial charge is 0.333 e. The normalized spacial score (nSPS) is 12.1. The van der Waals surface area contributed by atoms with Gasteiger partial charge < -0.3 is 9.47 Å². The summed E-state index contributed by atoms with van der Waals surface area (Å²) in [7, 11) is 0. The van der Waals surface area contributed by atoms with E-state index in [1.807, 2.05) is 6.07 Å². The Hall–Kier alpha value is -2.10. The topological polar surface area (TPSA) is 52.6 Å². The second kappa shape index (κ2) is 7.27. The number of carbonyl (C=O) groups excluding carboxylic acids is 2. The van der Waals surface area contributed by atoms with E-state index in [1.165, 1.54) is 6.26 Å². The van der Waals surface area contributed by atoms with Gasteiger partial charge in [0.15, 0.2) is 6.10 Å². The van der Waals surface area contributed by atoms with Crippen LogP contribution in [-0.4, -0.2) is 24.5 Å². The second-order valence-corrected chi connectivity index (χ2v) is 3.56. The van der Waals surface area contributed by atoms with E-state index in [4.69, 9.17) is 4.74 Å². The minimum absolute atomic E-state index is 0.135. The number of benzene rings is 1. The molecule has 1 unspecified atom stereocenters. The van der Waals surface area contributed by atoms with Crippen molar-refractivity contribution in [3.63, 3.8) is 0 Å². The average Bonchev–Trinajstić information content (AvgIpc) is 2.39. The predicted octanol–water partition coefficient (Wildman–Crippen LogP) is 2.35. The molecule has 0 radical (unpaired) electrons. The molecular formula is C14H16O4. The van der Waals surface area contributed by atoms with Gasteiger partial charge >= 0.3 is 5.97 Å². The summed E-state index contributed by atoms with van der Waals surface area (Å²) in [5.41, 5.74) is 0.578. The van der Waals surface area contributed by atoms with Crippen LogP contribution in [0.5, 0.6) is 0 Å². The van der Waals surface area contributed by atoms with Crippen molar-refractivity contribution in [2.45, 2.75) is 20.0 Å². The molecule has 1 rings (SSSR count). The zero-order valence-electron chi connectivity index (χ0n) is 10.5. The van der Waals surface area contributed by atoms with E-state index in [1.54, 1.807) is 38.1 Å². The van der Waals surface area contributed by atoms with Crippen LogP contribution in [0.3, 0.4) is 0 Å². The number of hydrogen-bond donors (Lipinski definition) is 0. The number of ether oxygens (including phenoxy) is 2. The first-order valence-corrected chi connectivity index (χ1v) is 5.73. The van der Waals surface area contributed by atoms with Crippen molar-refractivity contribution >= 4 is 11.8 Å². The molecule has 0 saturated carbocycles. The Bertz CT molecular complexity index is 423. The third kappa shape index (κ3) is 4.41. The molecule has 18 heavy (non-hydrogen) atoms. The fourth-order valence-electron chi connectivity index (χ4n) is 1.30. The molecule has 0 aliphatic rings. The summed E-state index contributed by atoms with van der Waals surface area (Å²) in [6, 6.07) is 8.85. The molecule has 0 aliphatic carbocycles. The largest absolute Gasteiger partial charge is 0.490 e. The van der Waals surface area contributed by atoms with Gasteiger partial charge in [0.05, 0.1) is 18.9 Å². The molecule has 4 heteroatoms. The van der Waals surface area contributed by atoms with Gasteiger partial charge in [0.1, 0.15) is 0 Å². The maximum atomic E-state index is 11.9. The lowest BCUT2D eigenvalue weighted by atomic mass is 10.1. The van der Waals surface area contributed by atoms with E-state index in [0.717, 1.165) is 6.08 Å². The Morgan fingerprint density at radius 2 is 1.94 bits per heavy atom. The van der Waals surface area contributed by atoms with E-state index in [-0.39, 0.29) is 5.78 Å². The monoisotopic (exact) mass is 248 g/mol. The first-order valence-electron chi connectivity index (χ1n) is 5.73. The Morgan fingerprint density at radius 1 is 1.28 bits per heavy atom. The fraction of sp³-hybridized carbons (Fsp3) is 0.286. The van der Waals surface area contributed by atoms with E-state index in [0.29, 0.717) is 12.2 Å². The molecule has 0 bridgehead atoms. The highest BCUT2D eigenvalue weighted by molar-refractivity contribution is 5.99. The van der Waals surface area contributed by atoms with Crippen molar-refractivity contribution in [3.05, 3.63) is 48.2 Å². The summed E-state index contributed by atoms with van der Waals surface area (Å²) < 4.78 is 9.82. The van der Waals surface area contributed by atoms with Crippen LogP contribution in [-0.2, 0) is 14.3 Å². The first-order chi connectivity index (χ1) is 8.65. The van der Waals surface area contributed by atoms with Crippen LogP contribution in [0.15, 0.2) is 42.7 Å². The van der Waals surface area contributed by atoms with E-state index in [9.17, 15) is 9.59 Å². The molecule has 4 nitrogen and oxygen atoms in total. The molecule has 96 valence electrons. The van der Waals surface area contributed by atoms with Crippen molar-refractivity contribution in [1.82, 2.24) is 0 Å². The minimum Gasteiger partial charge on any atom is -0.490 e. The molecule has 0 amide bonds. The first kappa shape index (κ1) is 14.0. The maximum absolute atomic E-state index is 11.9. The lowest BCUT2D eigenvalue weighted by Crippen LogP contribution is -2.18. The maximum Gasteiger partial charge on any atom is 0.333 e. The second-order valence-electron chi connectivity index (χ2n) is 3.56. The number of ketones is 1. The van der Waals surface area contributed by atoms with Gasteiger partial charge in [-0.05, 0) is 13.8 Å². The van der Waals surface area contributed by atoms with Crippen LogP contribution in [0.4, 0.5) is 0 Å². The summed E-state index contributed by atoms with van der Waals surface area (Å²) in [5, 5.41) is 0. The van der Waals surface area contributed by atoms with Gasteiger partial charge in [0.25, 0.3) is 0 Å². The molecule has 0 aromatic heterocycles. The highest BCUT2D eigenvalue weighted by Gasteiger charge is 2.14. The highest BCUT2D eigenvalue weighted by Crippen LogP contribution is 2.06. The Balaban J connectivity index is 2.49. The number of Topliss-reactive ketones (excluding diaryl/α,β-unsaturated/α-hetero) is 1. The summed E-state index contributed by atoms with van der Waals surface area (Å²) in [4.78, 5) is 22.9. The quantitative estimate of drug-likeness (QED) is 0.335. The molecule has 0 fully saturated rings. The summed E-state index contributed by atoms with van der Waals surface area (Å²) in [6.07, 6.45) is 1.69. The van der Waals surface area contributed by atoms with Crippen molar-refractivity contribution < 1.29 is 19.1 Å². The standard InChI is InChI=1S/C14H16O4/c1-3-17-13(15)9-10-18-11(2)14(16)12-7-5-4-6-8-12/h4-11H,3H2,1-2H3. The molecule has 0 N–H and O–H groups in total. The van der Waals surface area contributed by atoms with Crippen LogP contribution >= 0.6 is 0 Å². The SMILES string of the molecule is CCOC(=O)C=COC(C)C(=O)c1ccccc1. The zero-order chi connectivity index (χ0) is 13.4. The summed E-state index contributed by atoms with van der Waals surface area (Å²) in [5.74, 6) is -0.624. The molecular weight excluding hydrogens is 232 g/mol. The van der Waals surface area contributed by atoms with Gasteiger partial charge in [-0.2, -0.15) is 0 Å². The van der Waals surface area contributed by atoms with Crippen molar-refractivity contribution in [2.75, 3.05) is 6.61 Å². The molecule has 0 saturated heterocycles. The number of carbonyl (C=O) groups is 2. The zero-order valence-corrected chi connectivity index (χ0v) is 10.5. The lowest BCUT2D eigenvalue weighted by molar-refractivity contribution is -0.137. The molecule has 0 heterocycles. The van der Waals surface area contributed by atoms with E-state index >= 15 is 0 Å². The fourth-order valence-corrected chi connectivity index (χ4v) is 1.30. The lowest BCUT2D eigenvalue weighted by Gasteiger charge is -2.09. The van der Waals surface area contributed by atoms with Crippen LogP contribution in [0, 0.1) is 0 Å². The highest BCUT2D eigenvalue weighted by atomic mass is 16.5. The molecule has 1 aromatic carbocycles. The average molecular weight is 248 g/mol. The van der Waals surface area contributed by atoms with Crippen LogP contribution in [0.2, 0.25) is 0 Å². The van der Waals surface area contributed by atoms with Gasteiger partial charge in [0.2, 0.25) is 5.78 Å². The number of hydrogen-bond acceptors (Lipinski definition) is 4. The van der Waals surface area contributed by atoms with E-state index in [2.05, 4.69) is 4.74 Å². The van der Waals surface area contributed by atoms with Gasteiger partial charge in [-0.15, -0.1) is 0 Å². The van der Waals surface area contributed by atoms with Crippen molar-refractivity contribution in [2.24, 2.45) is 0 Å². The van der Waals surface area contributed by atoms with Gasteiger partial charge in [-0.1, -0.05) is 30.3 Å². The van der Waals surface area contributed by atoms with Crippen molar-refractivity contribution in [1.29, 1.82) is 0 Å². The van der Waals surface area contributed by atoms with Crippen LogP contribution < -0.4 is 0 Å². The minimum atomic E-state index is -0.641. The third-order valence-corrected chi connectivity index (χ3v) is 2.20. The van der Waals surface area contributed by atoms with Gasteiger partial charge in [-0.3, -0.25) is 4.79 Å². The molecule has 0 spiro atoms. The number of rotatable bonds is 6. The molecule has 1 atom stereocenters. The molecule has 1 aromatic rings. The van der Waals surface area contributed by atoms with E-state index < -0.39 is 12.1 Å². The van der Waals surface area contributed by atoms with Gasteiger partial charge in [0, 0.05) is 5.56 Å². The van der Waals surface area contributed by atoms with Crippen LogP contribution in [0.1, 0.15) is 24.2 Å². The Labute approximate surface area is 106 Å². The third-order valence-electron chi connectivity index (χ3n) is 2.20. The van der Waals surface area contributed by atoms with Crippen LogP contribution in [0.25, 0.3) is 0 Å². The summed E-state index contributed by atoms with van der Waals surface area (Å²) in [6.45, 7) is 3.65. The van der Waals surface area contributed by atoms with Crippen molar-refractivity contribution in [3.8, 4) is 0 Å². The Morgan fingerprint density at radius 3 is 2.56 bits per heavy atom. The number of esters is 1. The predicted molar refractivity (Wildman–Crippen MR) is 67.1 cm³/mol. The molecule has 0 aliphatic heterocycles. The Kier molecular flexibility index (Phi) is 5.64. The summed E-state index contributed by atoms with van der Waals surface area (Å²) >= 11 is 0.